The summed E-state index contributed by atoms with van der Waals surface area (Å²) in [5, 5.41) is 0. The van der Waals surface area contributed by atoms with E-state index in [-0.39, 0.29) is 13.5 Å². The van der Waals surface area contributed by atoms with Crippen molar-refractivity contribution in [2.75, 3.05) is 0 Å². The van der Waals surface area contributed by atoms with Crippen molar-refractivity contribution in [3.8, 4) is 0 Å². The zero-order valence-corrected chi connectivity index (χ0v) is 10.9. The highest BCUT2D eigenvalue weighted by atomic mass is 127. The monoisotopic (exact) mass is 288 g/mol. The van der Waals surface area contributed by atoms with Gasteiger partial charge < -0.3 is 0 Å². The zero-order chi connectivity index (χ0) is 7.82. The molecule has 0 saturated carbocycles. The second-order valence-corrected chi connectivity index (χ2v) is 4.64. The van der Waals surface area contributed by atoms with Crippen LogP contribution in [-0.2, 0) is 0 Å². The molecular weight excluding hydrogens is 267 g/mol. The van der Waals surface area contributed by atoms with Gasteiger partial charge in [0.2, 0.25) is 0 Å². The van der Waals surface area contributed by atoms with Gasteiger partial charge in [0, 0.05) is 3.92 Å². The Labute approximate surface area is 92.1 Å². The summed E-state index contributed by atoms with van der Waals surface area (Å²) < 4.78 is 0.942. The van der Waals surface area contributed by atoms with E-state index in [9.17, 15) is 0 Å². The first kappa shape index (κ1) is 14.6. The average molecular weight is 288 g/mol. The highest BCUT2D eigenvalue weighted by Crippen LogP contribution is 2.16. The molecule has 0 N–H and O–H groups in total. The minimum atomic E-state index is 0. The molecule has 0 aromatic rings. The third kappa shape index (κ3) is 11.1. The van der Waals surface area contributed by atoms with Crippen LogP contribution in [0.15, 0.2) is 0 Å². The topological polar surface area (TPSA) is 0 Å². The lowest BCUT2D eigenvalue weighted by atomic mass is 10.1. The Balaban J connectivity index is 0. The maximum absolute atomic E-state index is 2.59. The van der Waals surface area contributed by atoms with Crippen molar-refractivity contribution < 1.29 is 0 Å². The van der Waals surface area contributed by atoms with Gasteiger partial charge >= 0.3 is 0 Å². The van der Waals surface area contributed by atoms with Gasteiger partial charge in [-0.15, -0.1) is 0 Å². The molecule has 11 heavy (non-hydrogen) atoms. The Morgan fingerprint density at radius 1 is 1.00 bits per heavy atom. The number of rotatable bonds is 6. The number of unbranched alkanes of at least 4 members (excludes halogenated alkanes) is 2. The fourth-order valence-electron chi connectivity index (χ4n) is 0.996. The molecule has 0 bridgehead atoms. The third-order valence-corrected chi connectivity index (χ3v) is 2.99. The van der Waals surface area contributed by atoms with Crippen molar-refractivity contribution in [3.05, 3.63) is 0 Å². The summed E-state index contributed by atoms with van der Waals surface area (Å²) in [6, 6.07) is 0. The van der Waals surface area contributed by atoms with Crippen LogP contribution in [-0.4, -0.2) is 3.92 Å². The summed E-state index contributed by atoms with van der Waals surface area (Å²) in [6.45, 7) is 4.53. The van der Waals surface area contributed by atoms with E-state index in [0.717, 1.165) is 3.92 Å². The lowest BCUT2D eigenvalue weighted by molar-refractivity contribution is 0.630. The summed E-state index contributed by atoms with van der Waals surface area (Å²) in [6.07, 6.45) is 8.39. The molecule has 0 rings (SSSR count). The van der Waals surface area contributed by atoms with Crippen molar-refractivity contribution in [2.24, 2.45) is 0 Å². The van der Waals surface area contributed by atoms with Crippen molar-refractivity contribution in [3.63, 3.8) is 0 Å². The molecule has 0 aliphatic rings. The van der Waals surface area contributed by atoms with Gasteiger partial charge in [0.25, 0.3) is 0 Å². The first-order valence-electron chi connectivity index (χ1n) is 4.45. The standard InChI is InChI=1S/C9H19I.H2S/c1-3-5-7-9(10)8-6-4-2;/h9H,3-8H2,1-2H3;1H2. The fraction of sp³-hybridized carbons (Fsp3) is 1.00. The minimum Gasteiger partial charge on any atom is -0.197 e. The molecular formula is C9H21IS. The van der Waals surface area contributed by atoms with Crippen LogP contribution in [0.4, 0.5) is 0 Å². The molecule has 0 nitrogen and oxygen atoms in total. The van der Waals surface area contributed by atoms with Crippen LogP contribution in [0.5, 0.6) is 0 Å². The maximum Gasteiger partial charge on any atom is 0.0110 e. The van der Waals surface area contributed by atoms with Gasteiger partial charge in [0.15, 0.2) is 0 Å². The lowest BCUT2D eigenvalue weighted by Crippen LogP contribution is -1.96. The Hall–Kier alpha value is 1.08. The van der Waals surface area contributed by atoms with Crippen LogP contribution in [0, 0.1) is 0 Å². The minimum absolute atomic E-state index is 0. The zero-order valence-electron chi connectivity index (χ0n) is 7.70. The molecule has 0 aliphatic heterocycles. The highest BCUT2D eigenvalue weighted by Gasteiger charge is 2.00. The fourth-order valence-corrected chi connectivity index (χ4v) is 1.88. The molecule has 0 heterocycles. The second-order valence-electron chi connectivity index (χ2n) is 2.88. The van der Waals surface area contributed by atoms with E-state index in [2.05, 4.69) is 36.4 Å². The summed E-state index contributed by atoms with van der Waals surface area (Å²) in [7, 11) is 0. The summed E-state index contributed by atoms with van der Waals surface area (Å²) in [5.74, 6) is 0. The van der Waals surface area contributed by atoms with E-state index < -0.39 is 0 Å². The van der Waals surface area contributed by atoms with Crippen LogP contribution in [0.3, 0.4) is 0 Å². The first-order valence-corrected chi connectivity index (χ1v) is 5.69. The molecule has 0 aromatic carbocycles. The molecule has 0 amide bonds. The Bertz CT molecular complexity index is 58.6. The predicted molar refractivity (Wildman–Crippen MR) is 67.2 cm³/mol. The smallest absolute Gasteiger partial charge is 0.0110 e. The van der Waals surface area contributed by atoms with E-state index >= 15 is 0 Å². The van der Waals surface area contributed by atoms with Crippen LogP contribution in [0.2, 0.25) is 0 Å². The molecule has 2 heteroatoms. The summed E-state index contributed by atoms with van der Waals surface area (Å²) in [4.78, 5) is 0. The molecule has 0 aliphatic carbocycles. The van der Waals surface area contributed by atoms with Crippen molar-refractivity contribution in [2.45, 2.75) is 56.3 Å². The van der Waals surface area contributed by atoms with E-state index in [1.54, 1.807) is 0 Å². The normalized spacial score (nSPS) is 9.82. The van der Waals surface area contributed by atoms with Gasteiger partial charge in [-0.3, -0.25) is 0 Å². The Kier molecular flexibility index (Phi) is 14.7. The average Bonchev–Trinajstić information content (AvgIpc) is 1.97. The van der Waals surface area contributed by atoms with Crippen LogP contribution in [0.25, 0.3) is 0 Å². The number of alkyl halides is 1. The van der Waals surface area contributed by atoms with Gasteiger partial charge in [-0.25, -0.2) is 0 Å². The highest BCUT2D eigenvalue weighted by molar-refractivity contribution is 14.1. The quantitative estimate of drug-likeness (QED) is 0.505. The van der Waals surface area contributed by atoms with Gasteiger partial charge in [0.05, 0.1) is 0 Å². The van der Waals surface area contributed by atoms with Crippen LogP contribution >= 0.6 is 36.1 Å². The maximum atomic E-state index is 2.59. The first-order chi connectivity index (χ1) is 4.81. The van der Waals surface area contributed by atoms with Gasteiger partial charge in [-0.1, -0.05) is 62.1 Å². The summed E-state index contributed by atoms with van der Waals surface area (Å²) in [5.41, 5.74) is 0. The SMILES string of the molecule is CCCCC(I)CCCC.S. The van der Waals surface area contributed by atoms with E-state index in [1.165, 1.54) is 38.5 Å². The predicted octanol–water partition coefficient (Wildman–Crippen LogP) is 4.28. The van der Waals surface area contributed by atoms with Gasteiger partial charge in [-0.05, 0) is 12.8 Å². The van der Waals surface area contributed by atoms with Gasteiger partial charge in [-0.2, -0.15) is 13.5 Å². The van der Waals surface area contributed by atoms with Crippen LogP contribution in [0.1, 0.15) is 52.4 Å². The number of halogens is 1. The molecule has 0 fully saturated rings. The third-order valence-electron chi connectivity index (χ3n) is 1.74. The Morgan fingerprint density at radius 3 is 1.64 bits per heavy atom. The largest absolute Gasteiger partial charge is 0.197 e. The second kappa shape index (κ2) is 11.1. The van der Waals surface area contributed by atoms with Crippen molar-refractivity contribution in [1.29, 1.82) is 0 Å². The van der Waals surface area contributed by atoms with E-state index in [0.29, 0.717) is 0 Å². The van der Waals surface area contributed by atoms with E-state index in [1.807, 2.05) is 0 Å². The van der Waals surface area contributed by atoms with Crippen molar-refractivity contribution >= 4 is 36.1 Å². The van der Waals surface area contributed by atoms with Crippen LogP contribution < -0.4 is 0 Å². The molecule has 0 atom stereocenters. The molecule has 70 valence electrons. The lowest BCUT2D eigenvalue weighted by Gasteiger charge is -2.06. The molecule has 0 radical (unpaired) electrons. The number of hydrogen-bond donors (Lipinski definition) is 0. The van der Waals surface area contributed by atoms with E-state index in [4.69, 9.17) is 0 Å². The molecule has 0 spiro atoms. The number of hydrogen-bond acceptors (Lipinski definition) is 0. The molecule has 0 aromatic heterocycles. The summed E-state index contributed by atoms with van der Waals surface area (Å²) >= 11 is 2.59. The molecule has 0 saturated heterocycles. The Morgan fingerprint density at radius 2 is 1.36 bits per heavy atom. The molecule has 0 unspecified atom stereocenters. The van der Waals surface area contributed by atoms with Crippen molar-refractivity contribution in [1.82, 2.24) is 0 Å². The van der Waals surface area contributed by atoms with Gasteiger partial charge in [0.1, 0.15) is 0 Å².